The Kier molecular flexibility index (Phi) is 6.73. The molecule has 1 aromatic carbocycles. The van der Waals surface area contributed by atoms with Gasteiger partial charge in [0.05, 0.1) is 30.3 Å². The van der Waals surface area contributed by atoms with Crippen molar-refractivity contribution in [3.63, 3.8) is 0 Å². The molecule has 32 heavy (non-hydrogen) atoms. The zero-order valence-electron chi connectivity index (χ0n) is 18.5. The number of rotatable bonds is 6. The summed E-state index contributed by atoms with van der Waals surface area (Å²) in [6.07, 6.45) is 2.56. The lowest BCUT2D eigenvalue weighted by Crippen LogP contribution is -2.39. The zero-order chi connectivity index (χ0) is 22.7. The van der Waals surface area contributed by atoms with Gasteiger partial charge < -0.3 is 14.5 Å². The summed E-state index contributed by atoms with van der Waals surface area (Å²) in [6.45, 7) is 8.23. The van der Waals surface area contributed by atoms with E-state index in [1.807, 2.05) is 6.20 Å². The van der Waals surface area contributed by atoms with Crippen LogP contribution in [0.4, 0.5) is 5.95 Å². The van der Waals surface area contributed by atoms with E-state index in [4.69, 9.17) is 9.72 Å². The lowest BCUT2D eigenvalue weighted by molar-refractivity contribution is 0.0731. The van der Waals surface area contributed by atoms with Gasteiger partial charge in [-0.25, -0.2) is 18.4 Å². The molecule has 1 saturated heterocycles. The van der Waals surface area contributed by atoms with Crippen molar-refractivity contribution >= 4 is 21.9 Å². The molecule has 0 aliphatic carbocycles. The van der Waals surface area contributed by atoms with Gasteiger partial charge in [0.15, 0.2) is 0 Å². The molecule has 0 unspecified atom stereocenters. The molecule has 1 amide bonds. The Labute approximate surface area is 189 Å². The smallest absolute Gasteiger partial charge is 0.254 e. The summed E-state index contributed by atoms with van der Waals surface area (Å²) in [6, 6.07) is 6.20. The molecule has 2 aliphatic heterocycles. The quantitative estimate of drug-likeness (QED) is 0.647. The van der Waals surface area contributed by atoms with Crippen LogP contribution in [0.2, 0.25) is 0 Å². The number of fused-ring (bicyclic) bond motifs is 1. The number of nitrogens with zero attached hydrogens (tertiary/aromatic N) is 5. The highest BCUT2D eigenvalue weighted by molar-refractivity contribution is 7.89. The molecule has 0 saturated carbocycles. The minimum atomic E-state index is -3.55. The molecule has 1 fully saturated rings. The van der Waals surface area contributed by atoms with Crippen LogP contribution in [0.15, 0.2) is 35.4 Å². The number of carbonyl (C=O) groups is 1. The summed E-state index contributed by atoms with van der Waals surface area (Å²) in [5, 5.41) is 0. The molecule has 0 radical (unpaired) electrons. The summed E-state index contributed by atoms with van der Waals surface area (Å²) >= 11 is 0. The van der Waals surface area contributed by atoms with Gasteiger partial charge in [-0.1, -0.05) is 13.8 Å². The maximum Gasteiger partial charge on any atom is 0.254 e. The van der Waals surface area contributed by atoms with E-state index in [1.54, 1.807) is 30.9 Å². The van der Waals surface area contributed by atoms with Crippen molar-refractivity contribution in [3.05, 3.63) is 47.3 Å². The highest BCUT2D eigenvalue weighted by Crippen LogP contribution is 2.22. The first-order chi connectivity index (χ1) is 15.4. The standard InChI is InChI=1S/C22H29N5O4S/c1-3-27(4-2)32(29,30)19-7-5-17(6-8-19)21(28)26-10-9-18-15-23-22(24-20(18)16-26)25-11-13-31-14-12-25/h5-8,15H,3-4,9-14,16H2,1-2H3. The lowest BCUT2D eigenvalue weighted by atomic mass is 10.1. The fourth-order valence-electron chi connectivity index (χ4n) is 4.05. The summed E-state index contributed by atoms with van der Waals surface area (Å²) in [4.78, 5) is 26.4. The third-order valence-electron chi connectivity index (χ3n) is 5.96. The number of sulfonamides is 1. The van der Waals surface area contributed by atoms with E-state index in [1.165, 1.54) is 16.4 Å². The van der Waals surface area contributed by atoms with Crippen molar-refractivity contribution in [2.24, 2.45) is 0 Å². The molecule has 10 heteroatoms. The van der Waals surface area contributed by atoms with Gasteiger partial charge >= 0.3 is 0 Å². The Bertz CT molecular complexity index is 1060. The Morgan fingerprint density at radius 1 is 1.09 bits per heavy atom. The monoisotopic (exact) mass is 459 g/mol. The van der Waals surface area contributed by atoms with Gasteiger partial charge in [-0.15, -0.1) is 0 Å². The normalized spacial score (nSPS) is 16.8. The predicted octanol–water partition coefficient (Wildman–Crippen LogP) is 1.54. The number of ether oxygens (including phenoxy) is 1. The van der Waals surface area contributed by atoms with Crippen LogP contribution in [-0.2, 0) is 27.7 Å². The number of morpholine rings is 1. The van der Waals surface area contributed by atoms with Crippen LogP contribution >= 0.6 is 0 Å². The second kappa shape index (κ2) is 9.51. The van der Waals surface area contributed by atoms with E-state index in [2.05, 4.69) is 9.88 Å². The third-order valence-corrected chi connectivity index (χ3v) is 8.02. The third kappa shape index (κ3) is 4.48. The summed E-state index contributed by atoms with van der Waals surface area (Å²) in [5.41, 5.74) is 2.39. The van der Waals surface area contributed by atoms with Gasteiger partial charge in [0.2, 0.25) is 16.0 Å². The average molecular weight is 460 g/mol. The molecule has 2 aliphatic rings. The van der Waals surface area contributed by atoms with E-state index < -0.39 is 10.0 Å². The molecule has 9 nitrogen and oxygen atoms in total. The van der Waals surface area contributed by atoms with Crippen LogP contribution in [-0.4, -0.2) is 79.4 Å². The van der Waals surface area contributed by atoms with Gasteiger partial charge in [-0.3, -0.25) is 4.79 Å². The first-order valence-corrected chi connectivity index (χ1v) is 12.4. The predicted molar refractivity (Wildman–Crippen MR) is 120 cm³/mol. The van der Waals surface area contributed by atoms with Crippen molar-refractivity contribution in [1.82, 2.24) is 19.2 Å². The SMILES string of the molecule is CCN(CC)S(=O)(=O)c1ccc(C(=O)N2CCc3cnc(N4CCOCC4)nc3C2)cc1. The number of carbonyl (C=O) groups excluding carboxylic acids is 1. The molecule has 3 heterocycles. The fourth-order valence-corrected chi connectivity index (χ4v) is 5.50. The van der Waals surface area contributed by atoms with Crippen molar-refractivity contribution in [2.75, 3.05) is 50.8 Å². The average Bonchev–Trinajstić information content (AvgIpc) is 2.84. The minimum absolute atomic E-state index is 0.131. The van der Waals surface area contributed by atoms with Crippen molar-refractivity contribution < 1.29 is 17.9 Å². The largest absolute Gasteiger partial charge is 0.378 e. The van der Waals surface area contributed by atoms with E-state index >= 15 is 0 Å². The summed E-state index contributed by atoms with van der Waals surface area (Å²) < 4.78 is 32.2. The number of benzene rings is 1. The highest BCUT2D eigenvalue weighted by Gasteiger charge is 2.26. The second-order valence-electron chi connectivity index (χ2n) is 7.83. The maximum atomic E-state index is 13.1. The Morgan fingerprint density at radius 2 is 1.78 bits per heavy atom. The molecule has 4 rings (SSSR count). The molecule has 0 spiro atoms. The van der Waals surface area contributed by atoms with Gasteiger partial charge in [0.25, 0.3) is 5.91 Å². The zero-order valence-corrected chi connectivity index (χ0v) is 19.3. The highest BCUT2D eigenvalue weighted by atomic mass is 32.2. The maximum absolute atomic E-state index is 13.1. The molecule has 0 N–H and O–H groups in total. The van der Waals surface area contributed by atoms with E-state index in [0.717, 1.165) is 24.3 Å². The van der Waals surface area contributed by atoms with E-state index in [9.17, 15) is 13.2 Å². The van der Waals surface area contributed by atoms with Crippen LogP contribution in [0.3, 0.4) is 0 Å². The molecule has 2 aromatic rings. The minimum Gasteiger partial charge on any atom is -0.378 e. The van der Waals surface area contributed by atoms with Crippen molar-refractivity contribution in [2.45, 2.75) is 31.7 Å². The summed E-state index contributed by atoms with van der Waals surface area (Å²) in [7, 11) is -3.55. The van der Waals surface area contributed by atoms with Gasteiger partial charge in [-0.2, -0.15) is 4.31 Å². The van der Waals surface area contributed by atoms with E-state index in [-0.39, 0.29) is 10.8 Å². The topological polar surface area (TPSA) is 95.9 Å². The molecule has 1 aromatic heterocycles. The second-order valence-corrected chi connectivity index (χ2v) is 9.77. The molecular weight excluding hydrogens is 430 g/mol. The first-order valence-electron chi connectivity index (χ1n) is 11.0. The summed E-state index contributed by atoms with van der Waals surface area (Å²) in [5.74, 6) is 0.543. The van der Waals surface area contributed by atoms with Gasteiger partial charge in [0, 0.05) is 44.5 Å². The number of hydrogen-bond acceptors (Lipinski definition) is 7. The van der Waals surface area contributed by atoms with Crippen molar-refractivity contribution in [3.8, 4) is 0 Å². The van der Waals surface area contributed by atoms with Crippen LogP contribution in [0.5, 0.6) is 0 Å². The van der Waals surface area contributed by atoms with Crippen molar-refractivity contribution in [1.29, 1.82) is 0 Å². The molecule has 0 atom stereocenters. The Hall–Kier alpha value is -2.56. The number of hydrogen-bond donors (Lipinski definition) is 0. The molecule has 172 valence electrons. The fraction of sp³-hybridized carbons (Fsp3) is 0.500. The Balaban J connectivity index is 1.49. The Morgan fingerprint density at radius 3 is 2.44 bits per heavy atom. The number of aromatic nitrogens is 2. The van der Waals surface area contributed by atoms with Gasteiger partial charge in [0.1, 0.15) is 0 Å². The first kappa shape index (κ1) is 22.6. The number of amides is 1. The van der Waals surface area contributed by atoms with Crippen LogP contribution in [0.1, 0.15) is 35.5 Å². The lowest BCUT2D eigenvalue weighted by Gasteiger charge is -2.31. The molecule has 0 bridgehead atoms. The van der Waals surface area contributed by atoms with Crippen LogP contribution in [0, 0.1) is 0 Å². The van der Waals surface area contributed by atoms with Crippen LogP contribution in [0.25, 0.3) is 0 Å². The van der Waals surface area contributed by atoms with Crippen LogP contribution < -0.4 is 4.90 Å². The van der Waals surface area contributed by atoms with Gasteiger partial charge in [-0.05, 0) is 36.2 Å². The number of anilines is 1. The van der Waals surface area contributed by atoms with E-state index in [0.29, 0.717) is 57.3 Å². The molecular formula is C22H29N5O4S.